The topological polar surface area (TPSA) is 59.1 Å². The molecule has 0 spiro atoms. The molecule has 1 N–H and O–H groups in total. The molecule has 0 amide bonds. The van der Waals surface area contributed by atoms with Crippen LogP contribution in [0.25, 0.3) is 11.3 Å². The Labute approximate surface area is 154 Å². The summed E-state index contributed by atoms with van der Waals surface area (Å²) >= 11 is 13.3. The molecule has 8 heteroatoms. The molecular formula is C16H12Cl2N2O2S2. The Bertz CT molecular complexity index is 1000. The zero-order valence-electron chi connectivity index (χ0n) is 12.5. The van der Waals surface area contributed by atoms with Crippen molar-refractivity contribution in [2.75, 3.05) is 4.72 Å². The fraction of sp³-hybridized carbons (Fsp3) is 0.0625. The molecule has 0 radical (unpaired) electrons. The van der Waals surface area contributed by atoms with Gasteiger partial charge in [0.2, 0.25) is 0 Å². The molecule has 3 rings (SSSR count). The van der Waals surface area contributed by atoms with E-state index >= 15 is 0 Å². The number of para-hydroxylation sites is 1. The number of benzene rings is 2. The van der Waals surface area contributed by atoms with Crippen LogP contribution in [0.1, 0.15) is 5.01 Å². The predicted molar refractivity (Wildman–Crippen MR) is 99.6 cm³/mol. The maximum atomic E-state index is 12.6. The number of nitrogens with zero attached hydrogens (tertiary/aromatic N) is 1. The number of anilines is 1. The predicted octanol–water partition coefficient (Wildman–Crippen LogP) is 5.23. The van der Waals surface area contributed by atoms with Gasteiger partial charge in [-0.05, 0) is 31.2 Å². The summed E-state index contributed by atoms with van der Waals surface area (Å²) in [6.07, 6.45) is 0. The average molecular weight is 399 g/mol. The summed E-state index contributed by atoms with van der Waals surface area (Å²) in [5.74, 6) is 0. The van der Waals surface area contributed by atoms with E-state index in [1.165, 1.54) is 29.5 Å². The lowest BCUT2D eigenvalue weighted by Crippen LogP contribution is -2.13. The van der Waals surface area contributed by atoms with E-state index in [0.29, 0.717) is 16.3 Å². The number of rotatable bonds is 4. The van der Waals surface area contributed by atoms with Crippen LogP contribution in [0, 0.1) is 6.92 Å². The number of nitrogens with one attached hydrogen (secondary N) is 1. The lowest BCUT2D eigenvalue weighted by Gasteiger charge is -2.12. The summed E-state index contributed by atoms with van der Waals surface area (Å²) in [6.45, 7) is 1.90. The largest absolute Gasteiger partial charge is 0.279 e. The number of hydrogen-bond acceptors (Lipinski definition) is 4. The van der Waals surface area contributed by atoms with Gasteiger partial charge >= 0.3 is 0 Å². The minimum atomic E-state index is -3.79. The fourth-order valence-electron chi connectivity index (χ4n) is 2.13. The van der Waals surface area contributed by atoms with Crippen molar-refractivity contribution >= 4 is 50.2 Å². The summed E-state index contributed by atoms with van der Waals surface area (Å²) in [5.41, 5.74) is 1.89. The van der Waals surface area contributed by atoms with Gasteiger partial charge in [-0.15, -0.1) is 11.3 Å². The van der Waals surface area contributed by atoms with Gasteiger partial charge in [-0.25, -0.2) is 13.4 Å². The Hall–Kier alpha value is -1.60. The minimum absolute atomic E-state index is 0.0427. The van der Waals surface area contributed by atoms with Crippen LogP contribution < -0.4 is 4.72 Å². The van der Waals surface area contributed by atoms with E-state index in [1.54, 1.807) is 12.1 Å². The average Bonchev–Trinajstić information content (AvgIpc) is 2.96. The van der Waals surface area contributed by atoms with E-state index < -0.39 is 10.0 Å². The van der Waals surface area contributed by atoms with Gasteiger partial charge in [-0.2, -0.15) is 0 Å². The van der Waals surface area contributed by atoms with Gasteiger partial charge in [0.1, 0.15) is 0 Å². The van der Waals surface area contributed by atoms with Crippen molar-refractivity contribution in [2.45, 2.75) is 11.8 Å². The molecule has 0 saturated heterocycles. The van der Waals surface area contributed by atoms with Crippen LogP contribution in [0.15, 0.2) is 52.7 Å². The molecule has 1 heterocycles. The van der Waals surface area contributed by atoms with Gasteiger partial charge in [0.15, 0.2) is 0 Å². The van der Waals surface area contributed by atoms with Crippen molar-refractivity contribution in [2.24, 2.45) is 0 Å². The first-order valence-corrected chi connectivity index (χ1v) is 9.98. The van der Waals surface area contributed by atoms with E-state index in [9.17, 15) is 8.42 Å². The smallest absolute Gasteiger partial charge is 0.261 e. The third-order valence-electron chi connectivity index (χ3n) is 3.27. The van der Waals surface area contributed by atoms with Crippen LogP contribution in [0.5, 0.6) is 0 Å². The van der Waals surface area contributed by atoms with Crippen molar-refractivity contribution in [3.05, 3.63) is 62.9 Å². The Morgan fingerprint density at radius 1 is 1.08 bits per heavy atom. The van der Waals surface area contributed by atoms with Gasteiger partial charge in [0, 0.05) is 10.9 Å². The second-order valence-corrected chi connectivity index (χ2v) is 8.54. The van der Waals surface area contributed by atoms with E-state index in [-0.39, 0.29) is 9.92 Å². The number of aromatic nitrogens is 1. The van der Waals surface area contributed by atoms with Crippen LogP contribution in [0.2, 0.25) is 10.0 Å². The number of aryl methyl sites for hydroxylation is 1. The van der Waals surface area contributed by atoms with E-state index in [4.69, 9.17) is 23.2 Å². The molecular weight excluding hydrogens is 387 g/mol. The van der Waals surface area contributed by atoms with Gasteiger partial charge in [-0.3, -0.25) is 4.72 Å². The first-order valence-electron chi connectivity index (χ1n) is 6.86. The maximum Gasteiger partial charge on any atom is 0.261 e. The third-order valence-corrected chi connectivity index (χ3v) is 6.14. The maximum absolute atomic E-state index is 12.6. The third kappa shape index (κ3) is 3.57. The van der Waals surface area contributed by atoms with Crippen molar-refractivity contribution in [1.82, 2.24) is 4.98 Å². The molecule has 2 aromatic carbocycles. The Morgan fingerprint density at radius 3 is 2.50 bits per heavy atom. The van der Waals surface area contributed by atoms with Crippen LogP contribution in [0.3, 0.4) is 0 Å². The van der Waals surface area contributed by atoms with E-state index in [1.807, 2.05) is 24.4 Å². The quantitative estimate of drug-likeness (QED) is 0.654. The highest BCUT2D eigenvalue weighted by atomic mass is 35.5. The van der Waals surface area contributed by atoms with Crippen LogP contribution >= 0.6 is 34.5 Å². The molecule has 24 heavy (non-hydrogen) atoms. The summed E-state index contributed by atoms with van der Waals surface area (Å²) in [4.78, 5) is 4.46. The molecule has 0 saturated carbocycles. The molecule has 4 nitrogen and oxygen atoms in total. The Kier molecular flexibility index (Phi) is 4.83. The van der Waals surface area contributed by atoms with Crippen molar-refractivity contribution in [1.29, 1.82) is 0 Å². The van der Waals surface area contributed by atoms with Crippen molar-refractivity contribution in [3.63, 3.8) is 0 Å². The highest BCUT2D eigenvalue weighted by Gasteiger charge is 2.18. The number of hydrogen-bond donors (Lipinski definition) is 1. The summed E-state index contributed by atoms with van der Waals surface area (Å²) in [6, 6.07) is 11.3. The Morgan fingerprint density at radius 2 is 1.83 bits per heavy atom. The lowest BCUT2D eigenvalue weighted by atomic mass is 10.1. The van der Waals surface area contributed by atoms with Crippen LogP contribution in [-0.2, 0) is 10.0 Å². The summed E-state index contributed by atoms with van der Waals surface area (Å²) in [7, 11) is -3.79. The second-order valence-electron chi connectivity index (χ2n) is 4.98. The van der Waals surface area contributed by atoms with Gasteiger partial charge in [-0.1, -0.05) is 41.4 Å². The molecule has 0 atom stereocenters. The molecule has 0 aliphatic carbocycles. The summed E-state index contributed by atoms with van der Waals surface area (Å²) < 4.78 is 27.8. The standard InChI is InChI=1S/C16H12Cl2N2O2S2/c1-10-19-16(9-23-10)12-4-2-3-5-15(12)20-24(21,22)11-6-7-13(17)14(18)8-11/h2-9,20H,1H3. The van der Waals surface area contributed by atoms with Crippen LogP contribution in [-0.4, -0.2) is 13.4 Å². The molecule has 0 unspecified atom stereocenters. The van der Waals surface area contributed by atoms with Crippen LogP contribution in [0.4, 0.5) is 5.69 Å². The number of thiazole rings is 1. The fourth-order valence-corrected chi connectivity index (χ4v) is 4.21. The highest BCUT2D eigenvalue weighted by molar-refractivity contribution is 7.92. The lowest BCUT2D eigenvalue weighted by molar-refractivity contribution is 0.601. The van der Waals surface area contributed by atoms with Gasteiger partial charge < -0.3 is 0 Å². The second kappa shape index (κ2) is 6.72. The van der Waals surface area contributed by atoms with Gasteiger partial charge in [0.05, 0.1) is 31.3 Å². The van der Waals surface area contributed by atoms with E-state index in [2.05, 4.69) is 9.71 Å². The van der Waals surface area contributed by atoms with Crippen molar-refractivity contribution in [3.8, 4) is 11.3 Å². The Balaban J connectivity index is 2.00. The zero-order valence-corrected chi connectivity index (χ0v) is 15.6. The molecule has 1 aromatic heterocycles. The highest BCUT2D eigenvalue weighted by Crippen LogP contribution is 2.31. The summed E-state index contributed by atoms with van der Waals surface area (Å²) in [5, 5.41) is 3.28. The molecule has 0 aliphatic heterocycles. The SMILES string of the molecule is Cc1nc(-c2ccccc2NS(=O)(=O)c2ccc(Cl)c(Cl)c2)cs1. The molecule has 0 bridgehead atoms. The normalized spacial score (nSPS) is 11.5. The van der Waals surface area contributed by atoms with Crippen molar-refractivity contribution < 1.29 is 8.42 Å². The molecule has 0 aliphatic rings. The molecule has 3 aromatic rings. The number of halogens is 2. The first kappa shape index (κ1) is 17.2. The molecule has 0 fully saturated rings. The monoisotopic (exact) mass is 398 g/mol. The number of sulfonamides is 1. The zero-order chi connectivity index (χ0) is 17.3. The minimum Gasteiger partial charge on any atom is -0.279 e. The first-order chi connectivity index (χ1) is 11.4. The van der Waals surface area contributed by atoms with E-state index in [0.717, 1.165) is 10.7 Å². The van der Waals surface area contributed by atoms with Gasteiger partial charge in [0.25, 0.3) is 10.0 Å². The molecule has 124 valence electrons.